The van der Waals surface area contributed by atoms with Gasteiger partial charge in [-0.25, -0.2) is 15.0 Å². The van der Waals surface area contributed by atoms with E-state index in [0.717, 1.165) is 18.5 Å². The van der Waals surface area contributed by atoms with Crippen LogP contribution >= 0.6 is 0 Å². The number of amides is 1. The average Bonchev–Trinajstić information content (AvgIpc) is 3.48. The first-order chi connectivity index (χ1) is 14.6. The third-order valence-electron chi connectivity index (χ3n) is 4.83. The first kappa shape index (κ1) is 19.9. The smallest absolute Gasteiger partial charge is 0.271 e. The highest BCUT2D eigenvalue weighted by atomic mass is 16.5. The van der Waals surface area contributed by atoms with E-state index >= 15 is 0 Å². The average molecular weight is 410 g/mol. The molecular formula is C20H26N8O2. The second kappa shape index (κ2) is 8.54. The predicted octanol–water partition coefficient (Wildman–Crippen LogP) is 2.44. The molecule has 0 unspecified atom stereocenters. The van der Waals surface area contributed by atoms with Gasteiger partial charge in [-0.1, -0.05) is 13.8 Å². The number of anilines is 3. The number of nitrogens with zero attached hydrogens (tertiary/aromatic N) is 5. The van der Waals surface area contributed by atoms with E-state index < -0.39 is 0 Å². The van der Waals surface area contributed by atoms with Crippen LogP contribution in [0.5, 0.6) is 5.88 Å². The lowest BCUT2D eigenvalue weighted by molar-refractivity contribution is 0.0807. The SMILES string of the molecule is CCN(CC)NC(=O)c1cnn2c(NC)cc(Nc3cccnc3OC3CC3)nc12. The number of hydrazine groups is 1. The Kier molecular flexibility index (Phi) is 5.66. The van der Waals surface area contributed by atoms with Crippen molar-refractivity contribution >= 4 is 28.9 Å². The van der Waals surface area contributed by atoms with Crippen molar-refractivity contribution in [2.24, 2.45) is 0 Å². The molecule has 158 valence electrons. The summed E-state index contributed by atoms with van der Waals surface area (Å²) in [7, 11) is 1.79. The molecule has 3 aromatic heterocycles. The van der Waals surface area contributed by atoms with Gasteiger partial charge in [-0.3, -0.25) is 10.2 Å². The van der Waals surface area contributed by atoms with Crippen LogP contribution in [0.4, 0.5) is 17.3 Å². The molecule has 1 aliphatic rings. The van der Waals surface area contributed by atoms with Gasteiger partial charge in [-0.05, 0) is 25.0 Å². The summed E-state index contributed by atoms with van der Waals surface area (Å²) in [6, 6.07) is 5.54. The maximum Gasteiger partial charge on any atom is 0.271 e. The monoisotopic (exact) mass is 410 g/mol. The van der Waals surface area contributed by atoms with E-state index in [-0.39, 0.29) is 12.0 Å². The highest BCUT2D eigenvalue weighted by molar-refractivity contribution is 5.99. The minimum Gasteiger partial charge on any atom is -0.473 e. The number of pyridine rings is 1. The topological polar surface area (TPSA) is 109 Å². The van der Waals surface area contributed by atoms with Crippen molar-refractivity contribution in [2.45, 2.75) is 32.8 Å². The maximum atomic E-state index is 12.8. The third-order valence-corrected chi connectivity index (χ3v) is 4.83. The van der Waals surface area contributed by atoms with Crippen LogP contribution in [-0.4, -0.2) is 56.7 Å². The zero-order valence-corrected chi connectivity index (χ0v) is 17.3. The molecule has 4 rings (SSSR count). The van der Waals surface area contributed by atoms with Crippen LogP contribution in [-0.2, 0) is 0 Å². The molecule has 3 N–H and O–H groups in total. The van der Waals surface area contributed by atoms with Gasteiger partial charge in [0.25, 0.3) is 5.91 Å². The summed E-state index contributed by atoms with van der Waals surface area (Å²) in [6.07, 6.45) is 5.55. The van der Waals surface area contributed by atoms with Gasteiger partial charge in [0.1, 0.15) is 29.0 Å². The van der Waals surface area contributed by atoms with Crippen LogP contribution in [0.1, 0.15) is 37.0 Å². The second-order valence-electron chi connectivity index (χ2n) is 6.98. The second-order valence-corrected chi connectivity index (χ2v) is 6.98. The molecule has 3 aromatic rings. The van der Waals surface area contributed by atoms with Crippen molar-refractivity contribution in [3.63, 3.8) is 0 Å². The molecule has 1 saturated carbocycles. The number of hydrogen-bond donors (Lipinski definition) is 3. The number of carbonyl (C=O) groups is 1. The molecule has 10 heteroatoms. The number of aromatic nitrogens is 4. The van der Waals surface area contributed by atoms with E-state index in [1.165, 1.54) is 6.20 Å². The third kappa shape index (κ3) is 4.13. The molecule has 1 aliphatic carbocycles. The Balaban J connectivity index is 1.67. The molecule has 1 amide bonds. The zero-order valence-electron chi connectivity index (χ0n) is 17.3. The Morgan fingerprint density at radius 2 is 2.13 bits per heavy atom. The molecule has 30 heavy (non-hydrogen) atoms. The largest absolute Gasteiger partial charge is 0.473 e. The van der Waals surface area contributed by atoms with Gasteiger partial charge in [-0.15, -0.1) is 0 Å². The summed E-state index contributed by atoms with van der Waals surface area (Å²) in [4.78, 5) is 21.8. The molecule has 0 spiro atoms. The van der Waals surface area contributed by atoms with Crippen LogP contribution in [0.2, 0.25) is 0 Å². The van der Waals surface area contributed by atoms with Crippen molar-refractivity contribution in [1.29, 1.82) is 0 Å². The Bertz CT molecular complexity index is 1040. The number of nitrogens with one attached hydrogen (secondary N) is 3. The van der Waals surface area contributed by atoms with Crippen LogP contribution in [0.25, 0.3) is 5.65 Å². The van der Waals surface area contributed by atoms with E-state index in [4.69, 9.17) is 4.74 Å². The Morgan fingerprint density at radius 1 is 1.33 bits per heavy atom. The number of hydrogen-bond acceptors (Lipinski definition) is 8. The fourth-order valence-corrected chi connectivity index (χ4v) is 3.01. The zero-order chi connectivity index (χ0) is 21.1. The highest BCUT2D eigenvalue weighted by Gasteiger charge is 2.25. The molecule has 0 aliphatic heterocycles. The van der Waals surface area contributed by atoms with E-state index in [1.54, 1.807) is 17.8 Å². The first-order valence-electron chi connectivity index (χ1n) is 10.1. The van der Waals surface area contributed by atoms with E-state index in [2.05, 4.69) is 31.1 Å². The van der Waals surface area contributed by atoms with Crippen molar-refractivity contribution in [1.82, 2.24) is 30.0 Å². The molecule has 3 heterocycles. The lowest BCUT2D eigenvalue weighted by Crippen LogP contribution is -2.41. The van der Waals surface area contributed by atoms with Gasteiger partial charge in [0.05, 0.1) is 6.20 Å². The van der Waals surface area contributed by atoms with Gasteiger partial charge in [0, 0.05) is 32.4 Å². The van der Waals surface area contributed by atoms with Crippen molar-refractivity contribution in [2.75, 3.05) is 30.8 Å². The van der Waals surface area contributed by atoms with Crippen LogP contribution in [0, 0.1) is 0 Å². The lowest BCUT2D eigenvalue weighted by Gasteiger charge is -2.18. The summed E-state index contributed by atoms with van der Waals surface area (Å²) in [6.45, 7) is 5.37. The summed E-state index contributed by atoms with van der Waals surface area (Å²) < 4.78 is 7.49. The maximum absolute atomic E-state index is 12.8. The number of fused-ring (bicyclic) bond motifs is 1. The predicted molar refractivity (Wildman–Crippen MR) is 114 cm³/mol. The Morgan fingerprint density at radius 3 is 2.83 bits per heavy atom. The van der Waals surface area contributed by atoms with Crippen LogP contribution in [0.15, 0.2) is 30.6 Å². The lowest BCUT2D eigenvalue weighted by atomic mass is 10.3. The standard InChI is InChI=1S/C20H26N8O2/c1-4-27(5-2)26-19(29)14-12-23-28-17(21-3)11-16(25-18(14)28)24-15-7-6-10-22-20(15)30-13-8-9-13/h6-7,10-13,21H,4-5,8-9H2,1-3H3,(H,24,25)(H,26,29). The molecule has 0 aromatic carbocycles. The van der Waals surface area contributed by atoms with Gasteiger partial charge in [-0.2, -0.15) is 9.61 Å². The number of ether oxygens (including phenoxy) is 1. The molecular weight excluding hydrogens is 384 g/mol. The van der Waals surface area contributed by atoms with Crippen molar-refractivity contribution < 1.29 is 9.53 Å². The minimum atomic E-state index is -0.250. The first-order valence-corrected chi connectivity index (χ1v) is 10.1. The Labute approximate surface area is 174 Å². The van der Waals surface area contributed by atoms with Crippen molar-refractivity contribution in [3.8, 4) is 5.88 Å². The van der Waals surface area contributed by atoms with E-state index in [9.17, 15) is 4.79 Å². The fourth-order valence-electron chi connectivity index (χ4n) is 3.01. The van der Waals surface area contributed by atoms with Gasteiger partial charge in [0.2, 0.25) is 5.88 Å². The van der Waals surface area contributed by atoms with Gasteiger partial charge in [0.15, 0.2) is 5.65 Å². The summed E-state index contributed by atoms with van der Waals surface area (Å²) in [5.41, 5.74) is 4.44. The van der Waals surface area contributed by atoms with Crippen LogP contribution < -0.4 is 20.8 Å². The molecule has 0 bridgehead atoms. The highest BCUT2D eigenvalue weighted by Crippen LogP contribution is 2.32. The van der Waals surface area contributed by atoms with E-state index in [1.807, 2.05) is 37.1 Å². The van der Waals surface area contributed by atoms with Crippen LogP contribution in [0.3, 0.4) is 0 Å². The Hall–Kier alpha value is -3.40. The number of carbonyl (C=O) groups excluding carboxylic acids is 1. The molecule has 10 nitrogen and oxygen atoms in total. The molecule has 0 atom stereocenters. The summed E-state index contributed by atoms with van der Waals surface area (Å²) >= 11 is 0. The molecule has 0 radical (unpaired) electrons. The molecule has 0 saturated heterocycles. The van der Waals surface area contributed by atoms with Crippen molar-refractivity contribution in [3.05, 3.63) is 36.2 Å². The minimum absolute atomic E-state index is 0.231. The quantitative estimate of drug-likeness (QED) is 0.462. The van der Waals surface area contributed by atoms with Gasteiger partial charge < -0.3 is 15.4 Å². The van der Waals surface area contributed by atoms with Gasteiger partial charge >= 0.3 is 0 Å². The fraction of sp³-hybridized carbons (Fsp3) is 0.400. The normalized spacial score (nSPS) is 13.5. The van der Waals surface area contributed by atoms with E-state index in [0.29, 0.717) is 41.8 Å². The summed E-state index contributed by atoms with van der Waals surface area (Å²) in [5.74, 6) is 1.54. The number of rotatable bonds is 9. The summed E-state index contributed by atoms with van der Waals surface area (Å²) in [5, 5.41) is 12.5. The molecule has 1 fully saturated rings.